The van der Waals surface area contributed by atoms with Gasteiger partial charge in [0.25, 0.3) is 6.43 Å². The van der Waals surface area contributed by atoms with Crippen LogP contribution in [-0.2, 0) is 12.6 Å². The molecule has 0 amide bonds. The minimum atomic E-state index is -5.20. The molecule has 0 saturated heterocycles. The molecular formula is C9H4F6N2. The van der Waals surface area contributed by atoms with Gasteiger partial charge in [0.1, 0.15) is 5.82 Å². The van der Waals surface area contributed by atoms with Crippen molar-refractivity contribution in [2.45, 2.75) is 19.0 Å². The normalized spacial score (nSPS) is 11.6. The maximum Gasteiger partial charge on any atom is 0.433 e. The molecule has 0 saturated carbocycles. The average molecular weight is 254 g/mol. The van der Waals surface area contributed by atoms with Crippen molar-refractivity contribution in [3.63, 3.8) is 0 Å². The fourth-order valence-corrected chi connectivity index (χ4v) is 1.17. The lowest BCUT2D eigenvalue weighted by molar-refractivity contribution is -0.143. The van der Waals surface area contributed by atoms with Crippen LogP contribution in [0.4, 0.5) is 26.3 Å². The number of nitriles is 1. The summed E-state index contributed by atoms with van der Waals surface area (Å²) in [5.41, 5.74) is -4.32. The Morgan fingerprint density at radius 2 is 1.94 bits per heavy atom. The molecule has 92 valence electrons. The molecule has 0 aromatic carbocycles. The van der Waals surface area contributed by atoms with Gasteiger partial charge in [0.2, 0.25) is 0 Å². The second-order valence-electron chi connectivity index (χ2n) is 2.99. The summed E-state index contributed by atoms with van der Waals surface area (Å²) < 4.78 is 74.8. The quantitative estimate of drug-likeness (QED) is 0.759. The van der Waals surface area contributed by atoms with E-state index in [9.17, 15) is 26.3 Å². The van der Waals surface area contributed by atoms with Crippen molar-refractivity contribution in [1.82, 2.24) is 4.98 Å². The first-order valence-electron chi connectivity index (χ1n) is 4.19. The molecule has 17 heavy (non-hydrogen) atoms. The smallest absolute Gasteiger partial charge is 0.247 e. The van der Waals surface area contributed by atoms with E-state index < -0.39 is 41.8 Å². The minimum absolute atomic E-state index is 0.403. The Hall–Kier alpha value is -1.78. The minimum Gasteiger partial charge on any atom is -0.247 e. The van der Waals surface area contributed by atoms with Crippen molar-refractivity contribution in [2.75, 3.05) is 0 Å². The van der Waals surface area contributed by atoms with Gasteiger partial charge in [-0.25, -0.2) is 18.2 Å². The molecule has 1 aromatic rings. The zero-order chi connectivity index (χ0) is 13.2. The predicted molar refractivity (Wildman–Crippen MR) is 43.5 cm³/mol. The molecule has 1 heterocycles. The lowest BCUT2D eigenvalue weighted by Crippen LogP contribution is -2.15. The van der Waals surface area contributed by atoms with Crippen LogP contribution < -0.4 is 0 Å². The predicted octanol–water partition coefficient (Wildman–Crippen LogP) is 3.24. The van der Waals surface area contributed by atoms with Crippen LogP contribution in [0.25, 0.3) is 0 Å². The number of rotatable bonds is 2. The summed E-state index contributed by atoms with van der Waals surface area (Å²) in [5.74, 6) is -1.72. The highest BCUT2D eigenvalue weighted by atomic mass is 19.4. The molecule has 8 heteroatoms. The number of pyridine rings is 1. The SMILES string of the molecule is N#CCc1cc(F)c(C(F)F)c(C(F)(F)F)n1. The second kappa shape index (κ2) is 4.61. The van der Waals surface area contributed by atoms with Crippen LogP contribution in [-0.4, -0.2) is 4.98 Å². The number of nitrogens with zero attached hydrogens (tertiary/aromatic N) is 2. The molecule has 0 fully saturated rings. The van der Waals surface area contributed by atoms with Gasteiger partial charge in [-0.2, -0.15) is 18.4 Å². The molecular weight excluding hydrogens is 250 g/mol. The van der Waals surface area contributed by atoms with Crippen molar-refractivity contribution < 1.29 is 26.3 Å². The molecule has 0 aliphatic heterocycles. The molecule has 0 N–H and O–H groups in total. The Balaban J connectivity index is 3.46. The molecule has 0 bridgehead atoms. The van der Waals surface area contributed by atoms with Crippen LogP contribution >= 0.6 is 0 Å². The Bertz CT molecular complexity index is 460. The van der Waals surface area contributed by atoms with Crippen LogP contribution in [0.2, 0.25) is 0 Å². The number of hydrogen-bond acceptors (Lipinski definition) is 2. The Labute approximate surface area is 91.5 Å². The molecule has 2 nitrogen and oxygen atoms in total. The molecule has 0 aliphatic carbocycles. The van der Waals surface area contributed by atoms with E-state index in [-0.39, 0.29) is 0 Å². The third kappa shape index (κ3) is 2.87. The van der Waals surface area contributed by atoms with Crippen LogP contribution in [0.5, 0.6) is 0 Å². The third-order valence-corrected chi connectivity index (χ3v) is 1.81. The van der Waals surface area contributed by atoms with E-state index in [1.54, 1.807) is 0 Å². The maximum absolute atomic E-state index is 13.1. The van der Waals surface area contributed by atoms with Crippen LogP contribution in [0.15, 0.2) is 6.07 Å². The molecule has 0 atom stereocenters. The molecule has 1 aromatic heterocycles. The lowest BCUT2D eigenvalue weighted by Gasteiger charge is -2.13. The Kier molecular flexibility index (Phi) is 3.60. The van der Waals surface area contributed by atoms with Crippen molar-refractivity contribution in [3.05, 3.63) is 28.8 Å². The Morgan fingerprint density at radius 3 is 2.35 bits per heavy atom. The fraction of sp³-hybridized carbons (Fsp3) is 0.333. The zero-order valence-electron chi connectivity index (χ0n) is 8.02. The summed E-state index contributed by atoms with van der Waals surface area (Å²) in [5, 5.41) is 8.24. The van der Waals surface area contributed by atoms with Gasteiger partial charge in [-0.15, -0.1) is 0 Å². The largest absolute Gasteiger partial charge is 0.433 e. The van der Waals surface area contributed by atoms with Gasteiger partial charge in [0.15, 0.2) is 5.69 Å². The second-order valence-corrected chi connectivity index (χ2v) is 2.99. The van der Waals surface area contributed by atoms with E-state index in [1.807, 2.05) is 0 Å². The zero-order valence-corrected chi connectivity index (χ0v) is 8.02. The number of hydrogen-bond donors (Lipinski definition) is 0. The number of halogens is 6. The van der Waals surface area contributed by atoms with E-state index >= 15 is 0 Å². The van der Waals surface area contributed by atoms with Gasteiger partial charge in [-0.1, -0.05) is 0 Å². The van der Waals surface area contributed by atoms with Gasteiger partial charge in [0, 0.05) is 0 Å². The molecule has 0 unspecified atom stereocenters. The van der Waals surface area contributed by atoms with Gasteiger partial charge >= 0.3 is 6.18 Å². The summed E-state index contributed by atoms with van der Waals surface area (Å²) >= 11 is 0. The van der Waals surface area contributed by atoms with E-state index in [0.717, 1.165) is 0 Å². The third-order valence-electron chi connectivity index (χ3n) is 1.81. The van der Waals surface area contributed by atoms with Crippen LogP contribution in [0.1, 0.15) is 23.4 Å². The monoisotopic (exact) mass is 254 g/mol. The van der Waals surface area contributed by atoms with Crippen LogP contribution in [0, 0.1) is 17.1 Å². The van der Waals surface area contributed by atoms with Gasteiger partial charge < -0.3 is 0 Å². The van der Waals surface area contributed by atoms with Crippen molar-refractivity contribution in [3.8, 4) is 6.07 Å². The fourth-order valence-electron chi connectivity index (χ4n) is 1.17. The number of alkyl halides is 5. The van der Waals surface area contributed by atoms with E-state index in [2.05, 4.69) is 4.98 Å². The Morgan fingerprint density at radius 1 is 1.35 bits per heavy atom. The average Bonchev–Trinajstić information content (AvgIpc) is 2.15. The summed E-state index contributed by atoms with van der Waals surface area (Å²) in [4.78, 5) is 2.85. The molecule has 1 rings (SSSR count). The highest BCUT2D eigenvalue weighted by Gasteiger charge is 2.39. The van der Waals surface area contributed by atoms with Crippen molar-refractivity contribution in [2.24, 2.45) is 0 Å². The lowest BCUT2D eigenvalue weighted by atomic mass is 10.1. The highest BCUT2D eigenvalue weighted by molar-refractivity contribution is 5.29. The summed E-state index contributed by atoms with van der Waals surface area (Å²) in [6.45, 7) is 0. The van der Waals surface area contributed by atoms with E-state index in [1.165, 1.54) is 6.07 Å². The van der Waals surface area contributed by atoms with Gasteiger partial charge in [0.05, 0.1) is 23.7 Å². The van der Waals surface area contributed by atoms with E-state index in [0.29, 0.717) is 6.07 Å². The van der Waals surface area contributed by atoms with E-state index in [4.69, 9.17) is 5.26 Å². The summed E-state index contributed by atoms with van der Waals surface area (Å²) in [6, 6.07) is 1.86. The van der Waals surface area contributed by atoms with Gasteiger partial charge in [-0.3, -0.25) is 0 Å². The molecule has 0 radical (unpaired) electrons. The summed E-state index contributed by atoms with van der Waals surface area (Å²) in [6.07, 6.45) is -9.42. The highest BCUT2D eigenvalue weighted by Crippen LogP contribution is 2.36. The first kappa shape index (κ1) is 13.3. The molecule has 0 aliphatic rings. The first-order chi connectivity index (χ1) is 7.77. The maximum atomic E-state index is 13.1. The van der Waals surface area contributed by atoms with Gasteiger partial charge in [-0.05, 0) is 6.07 Å². The summed E-state index contributed by atoms with van der Waals surface area (Å²) in [7, 11) is 0. The van der Waals surface area contributed by atoms with Crippen molar-refractivity contribution >= 4 is 0 Å². The van der Waals surface area contributed by atoms with Crippen LogP contribution in [0.3, 0.4) is 0 Å². The topological polar surface area (TPSA) is 36.7 Å². The standard InChI is InChI=1S/C9H4F6N2/c10-5-3-4(1-2-16)17-7(9(13,14)15)6(5)8(11)12/h3,8H,1H2. The first-order valence-corrected chi connectivity index (χ1v) is 4.19. The molecule has 0 spiro atoms. The van der Waals surface area contributed by atoms with Crippen molar-refractivity contribution in [1.29, 1.82) is 5.26 Å². The number of aromatic nitrogens is 1.